The number of hydrogen-bond donors (Lipinski definition) is 1. The fraction of sp³-hybridized carbons (Fsp3) is 0.462. The number of aliphatic imine (C=N–C) groups is 1. The quantitative estimate of drug-likeness (QED) is 0.837. The second-order valence-corrected chi connectivity index (χ2v) is 4.20. The van der Waals surface area contributed by atoms with Crippen LogP contribution < -0.4 is 5.73 Å². The SMILES string of the molecule is COCCC1CN=C(N)C1c1ccccc1. The molecule has 0 aromatic heterocycles. The Morgan fingerprint density at radius 1 is 1.38 bits per heavy atom. The molecule has 86 valence electrons. The Bertz CT molecular complexity index is 361. The first-order valence-electron chi connectivity index (χ1n) is 5.66. The minimum Gasteiger partial charge on any atom is -0.387 e. The van der Waals surface area contributed by atoms with Gasteiger partial charge < -0.3 is 10.5 Å². The van der Waals surface area contributed by atoms with Crippen molar-refractivity contribution in [3.8, 4) is 0 Å². The lowest BCUT2D eigenvalue weighted by Gasteiger charge is -2.19. The number of amidine groups is 1. The van der Waals surface area contributed by atoms with Crippen molar-refractivity contribution in [2.75, 3.05) is 20.3 Å². The van der Waals surface area contributed by atoms with Crippen LogP contribution in [-0.4, -0.2) is 26.1 Å². The standard InChI is InChI=1S/C13H18N2O/c1-16-8-7-11-9-15-13(14)12(11)10-5-3-2-4-6-10/h2-6,11-12H,7-9H2,1H3,(H2,14,15). The van der Waals surface area contributed by atoms with Crippen molar-refractivity contribution in [3.63, 3.8) is 0 Å². The van der Waals surface area contributed by atoms with Crippen LogP contribution >= 0.6 is 0 Å². The maximum atomic E-state index is 5.98. The third kappa shape index (κ3) is 2.25. The molecule has 1 aliphatic rings. The summed E-state index contributed by atoms with van der Waals surface area (Å²) in [4.78, 5) is 4.37. The Hall–Kier alpha value is -1.35. The number of methoxy groups -OCH3 is 1. The van der Waals surface area contributed by atoms with E-state index in [1.165, 1.54) is 5.56 Å². The van der Waals surface area contributed by atoms with Crippen LogP contribution in [0.3, 0.4) is 0 Å². The Morgan fingerprint density at radius 3 is 2.81 bits per heavy atom. The predicted octanol–water partition coefficient (Wildman–Crippen LogP) is 1.79. The van der Waals surface area contributed by atoms with Crippen molar-refractivity contribution in [1.82, 2.24) is 0 Å². The highest BCUT2D eigenvalue weighted by molar-refractivity contribution is 5.89. The molecule has 16 heavy (non-hydrogen) atoms. The first-order valence-corrected chi connectivity index (χ1v) is 5.66. The average Bonchev–Trinajstić information content (AvgIpc) is 2.69. The molecule has 3 heteroatoms. The van der Waals surface area contributed by atoms with Gasteiger partial charge in [-0.2, -0.15) is 0 Å². The van der Waals surface area contributed by atoms with Crippen LogP contribution in [0.15, 0.2) is 35.3 Å². The van der Waals surface area contributed by atoms with Crippen LogP contribution in [0.1, 0.15) is 17.9 Å². The lowest BCUT2D eigenvalue weighted by Crippen LogP contribution is -2.24. The maximum absolute atomic E-state index is 5.98. The Balaban J connectivity index is 2.13. The van der Waals surface area contributed by atoms with Gasteiger partial charge in [-0.25, -0.2) is 0 Å². The summed E-state index contributed by atoms with van der Waals surface area (Å²) in [6.45, 7) is 1.60. The van der Waals surface area contributed by atoms with Gasteiger partial charge in [-0.1, -0.05) is 30.3 Å². The molecule has 0 bridgehead atoms. The van der Waals surface area contributed by atoms with E-state index in [4.69, 9.17) is 10.5 Å². The summed E-state index contributed by atoms with van der Waals surface area (Å²) < 4.78 is 5.13. The maximum Gasteiger partial charge on any atom is 0.102 e. The molecular weight excluding hydrogens is 200 g/mol. The van der Waals surface area contributed by atoms with E-state index in [1.54, 1.807) is 7.11 Å². The molecule has 2 unspecified atom stereocenters. The molecule has 1 aromatic carbocycles. The molecule has 2 N–H and O–H groups in total. The van der Waals surface area contributed by atoms with Crippen LogP contribution in [0.4, 0.5) is 0 Å². The summed E-state index contributed by atoms with van der Waals surface area (Å²) in [6, 6.07) is 10.4. The van der Waals surface area contributed by atoms with E-state index < -0.39 is 0 Å². The molecule has 0 aliphatic carbocycles. The fourth-order valence-electron chi connectivity index (χ4n) is 2.30. The molecule has 1 aromatic rings. The van der Waals surface area contributed by atoms with Gasteiger partial charge in [0.15, 0.2) is 0 Å². The summed E-state index contributed by atoms with van der Waals surface area (Å²) in [6.07, 6.45) is 1.01. The van der Waals surface area contributed by atoms with Crippen molar-refractivity contribution in [2.45, 2.75) is 12.3 Å². The topological polar surface area (TPSA) is 47.6 Å². The fourth-order valence-corrected chi connectivity index (χ4v) is 2.30. The molecule has 2 atom stereocenters. The molecule has 0 saturated heterocycles. The largest absolute Gasteiger partial charge is 0.387 e. The van der Waals surface area contributed by atoms with Gasteiger partial charge in [0.25, 0.3) is 0 Å². The van der Waals surface area contributed by atoms with E-state index in [0.29, 0.717) is 5.92 Å². The van der Waals surface area contributed by atoms with Crippen LogP contribution in [0.5, 0.6) is 0 Å². The van der Waals surface area contributed by atoms with Crippen molar-refractivity contribution in [3.05, 3.63) is 35.9 Å². The number of hydrogen-bond acceptors (Lipinski definition) is 3. The Morgan fingerprint density at radius 2 is 2.12 bits per heavy atom. The highest BCUT2D eigenvalue weighted by Gasteiger charge is 2.30. The predicted molar refractivity (Wildman–Crippen MR) is 65.7 cm³/mol. The van der Waals surface area contributed by atoms with Crippen molar-refractivity contribution < 1.29 is 4.74 Å². The second-order valence-electron chi connectivity index (χ2n) is 4.20. The summed E-state index contributed by atoms with van der Waals surface area (Å²) in [7, 11) is 1.73. The molecule has 0 radical (unpaired) electrons. The highest BCUT2D eigenvalue weighted by Crippen LogP contribution is 2.32. The third-order valence-electron chi connectivity index (χ3n) is 3.15. The first kappa shape index (κ1) is 11.1. The van der Waals surface area contributed by atoms with Gasteiger partial charge in [-0.05, 0) is 17.9 Å². The number of rotatable bonds is 4. The van der Waals surface area contributed by atoms with E-state index >= 15 is 0 Å². The van der Waals surface area contributed by atoms with Gasteiger partial charge in [0.1, 0.15) is 5.84 Å². The third-order valence-corrected chi connectivity index (χ3v) is 3.15. The smallest absolute Gasteiger partial charge is 0.102 e. The van der Waals surface area contributed by atoms with E-state index in [0.717, 1.165) is 25.4 Å². The summed E-state index contributed by atoms with van der Waals surface area (Å²) in [5, 5.41) is 0. The van der Waals surface area contributed by atoms with Crippen LogP contribution in [0.25, 0.3) is 0 Å². The molecule has 0 amide bonds. The average molecular weight is 218 g/mol. The molecule has 0 spiro atoms. The van der Waals surface area contributed by atoms with E-state index in [9.17, 15) is 0 Å². The zero-order chi connectivity index (χ0) is 11.4. The van der Waals surface area contributed by atoms with Gasteiger partial charge in [-0.15, -0.1) is 0 Å². The molecule has 1 aliphatic heterocycles. The van der Waals surface area contributed by atoms with Gasteiger partial charge in [0.05, 0.1) is 0 Å². The van der Waals surface area contributed by atoms with Gasteiger partial charge in [0, 0.05) is 26.2 Å². The summed E-state index contributed by atoms with van der Waals surface area (Å²) in [5.74, 6) is 1.53. The van der Waals surface area contributed by atoms with E-state index in [1.807, 2.05) is 18.2 Å². The second kappa shape index (κ2) is 5.12. The summed E-state index contributed by atoms with van der Waals surface area (Å²) >= 11 is 0. The Labute approximate surface area is 96.3 Å². The zero-order valence-electron chi connectivity index (χ0n) is 9.60. The van der Waals surface area contributed by atoms with E-state index in [-0.39, 0.29) is 5.92 Å². The number of benzene rings is 1. The summed E-state index contributed by atoms with van der Waals surface area (Å²) in [5.41, 5.74) is 7.25. The normalized spacial score (nSPS) is 24.4. The number of nitrogens with zero attached hydrogens (tertiary/aromatic N) is 1. The van der Waals surface area contributed by atoms with Gasteiger partial charge in [0.2, 0.25) is 0 Å². The minimum atomic E-state index is 0.274. The van der Waals surface area contributed by atoms with Crippen molar-refractivity contribution in [1.29, 1.82) is 0 Å². The number of nitrogens with two attached hydrogens (primary N) is 1. The molecule has 0 fully saturated rings. The lowest BCUT2D eigenvalue weighted by atomic mass is 9.85. The molecular formula is C13H18N2O. The molecule has 3 nitrogen and oxygen atoms in total. The minimum absolute atomic E-state index is 0.274. The van der Waals surface area contributed by atoms with Gasteiger partial charge in [-0.3, -0.25) is 4.99 Å². The highest BCUT2D eigenvalue weighted by atomic mass is 16.5. The lowest BCUT2D eigenvalue weighted by molar-refractivity contribution is 0.178. The Kier molecular flexibility index (Phi) is 3.57. The first-order chi connectivity index (χ1) is 7.83. The van der Waals surface area contributed by atoms with E-state index in [2.05, 4.69) is 17.1 Å². The zero-order valence-corrected chi connectivity index (χ0v) is 9.60. The van der Waals surface area contributed by atoms with Crippen LogP contribution in [0.2, 0.25) is 0 Å². The molecule has 2 rings (SSSR count). The number of ether oxygens (including phenoxy) is 1. The van der Waals surface area contributed by atoms with Crippen LogP contribution in [-0.2, 0) is 4.74 Å². The molecule has 0 saturated carbocycles. The molecule has 1 heterocycles. The van der Waals surface area contributed by atoms with Crippen molar-refractivity contribution >= 4 is 5.84 Å². The van der Waals surface area contributed by atoms with Crippen molar-refractivity contribution in [2.24, 2.45) is 16.6 Å². The van der Waals surface area contributed by atoms with Crippen LogP contribution in [0, 0.1) is 5.92 Å². The monoisotopic (exact) mass is 218 g/mol. The van der Waals surface area contributed by atoms with Gasteiger partial charge >= 0.3 is 0 Å².